The zero-order valence-corrected chi connectivity index (χ0v) is 16.2. The lowest BCUT2D eigenvalue weighted by Crippen LogP contribution is -2.34. The summed E-state index contributed by atoms with van der Waals surface area (Å²) in [6.45, 7) is 1.34. The molecule has 0 saturated carbocycles. The van der Waals surface area contributed by atoms with E-state index in [0.717, 1.165) is 11.8 Å². The highest BCUT2D eigenvalue weighted by Gasteiger charge is 2.33. The number of hydrogen-bond donors (Lipinski definition) is 1. The summed E-state index contributed by atoms with van der Waals surface area (Å²) in [6.07, 6.45) is 2.71. The summed E-state index contributed by atoms with van der Waals surface area (Å²) >= 11 is 0. The van der Waals surface area contributed by atoms with Gasteiger partial charge in [0.05, 0.1) is 30.2 Å². The van der Waals surface area contributed by atoms with Crippen molar-refractivity contribution in [2.24, 2.45) is 0 Å². The van der Waals surface area contributed by atoms with Crippen LogP contribution in [-0.2, 0) is 14.8 Å². The number of piperidine rings is 1. The number of anilines is 2. The first-order valence-corrected chi connectivity index (χ1v) is 10.7. The van der Waals surface area contributed by atoms with E-state index in [2.05, 4.69) is 4.72 Å². The molecule has 28 heavy (non-hydrogen) atoms. The molecule has 2 aliphatic rings. The zero-order valence-electron chi connectivity index (χ0n) is 15.4. The monoisotopic (exact) mass is 408 g/mol. The lowest BCUT2D eigenvalue weighted by atomic mass is 10.0. The summed E-state index contributed by atoms with van der Waals surface area (Å²) in [5, 5.41) is 8.72. The maximum atomic E-state index is 14.7. The molecule has 1 aromatic rings. The average molecular weight is 408 g/mol. The number of nitrogens with zero attached hydrogens (tertiary/aromatic N) is 3. The molecule has 2 saturated heterocycles. The van der Waals surface area contributed by atoms with Crippen LogP contribution in [0.15, 0.2) is 29.8 Å². The lowest BCUT2D eigenvalue weighted by molar-refractivity contribution is 0.143. The number of halogens is 1. The minimum absolute atomic E-state index is 0.0338. The van der Waals surface area contributed by atoms with E-state index in [1.165, 1.54) is 11.0 Å². The van der Waals surface area contributed by atoms with Crippen LogP contribution in [0, 0.1) is 17.1 Å². The summed E-state index contributed by atoms with van der Waals surface area (Å²) in [6, 6.07) is 6.58. The number of benzene rings is 1. The lowest BCUT2D eigenvalue weighted by Gasteiger charge is -2.30. The summed E-state index contributed by atoms with van der Waals surface area (Å²) in [5.41, 5.74) is 1.86. The summed E-state index contributed by atoms with van der Waals surface area (Å²) in [5.74, 6) is -0.448. The molecule has 2 aliphatic heterocycles. The van der Waals surface area contributed by atoms with Crippen molar-refractivity contribution in [1.82, 2.24) is 4.72 Å². The van der Waals surface area contributed by atoms with Crippen LogP contribution in [0.4, 0.5) is 20.6 Å². The second-order valence-electron chi connectivity index (χ2n) is 6.79. The van der Waals surface area contributed by atoms with Gasteiger partial charge >= 0.3 is 6.09 Å². The Balaban J connectivity index is 1.67. The molecule has 150 valence electrons. The standard InChI is InChI=1S/C18H21FN4O4S/c1-28(25,26)21-11-15-12-23(18(24)27-15)14-2-3-17(16(19)10-14)22-8-5-13(4-7-20)6-9-22/h2-4,10,15,21H,5-6,8-9,11-12H2,1H3/t15-/m1/s1. The normalized spacial score (nSPS) is 20.1. The zero-order chi connectivity index (χ0) is 20.3. The molecule has 10 heteroatoms. The van der Waals surface area contributed by atoms with Crippen molar-refractivity contribution in [3.63, 3.8) is 0 Å². The van der Waals surface area contributed by atoms with Crippen LogP contribution in [0.3, 0.4) is 0 Å². The number of nitriles is 1. The molecular weight excluding hydrogens is 387 g/mol. The van der Waals surface area contributed by atoms with Gasteiger partial charge in [-0.1, -0.05) is 5.57 Å². The number of rotatable bonds is 5. The molecule has 1 aromatic carbocycles. The number of carbonyl (C=O) groups excluding carboxylic acids is 1. The van der Waals surface area contributed by atoms with Crippen molar-refractivity contribution in [1.29, 1.82) is 5.26 Å². The maximum Gasteiger partial charge on any atom is 0.414 e. The molecule has 3 rings (SSSR count). The first-order valence-electron chi connectivity index (χ1n) is 8.81. The van der Waals surface area contributed by atoms with E-state index in [4.69, 9.17) is 10.00 Å². The number of nitrogens with one attached hydrogen (secondary N) is 1. The molecule has 0 unspecified atom stereocenters. The fourth-order valence-electron chi connectivity index (χ4n) is 3.27. The number of sulfonamides is 1. The van der Waals surface area contributed by atoms with Gasteiger partial charge in [-0.3, -0.25) is 4.90 Å². The second kappa shape index (κ2) is 8.16. The van der Waals surface area contributed by atoms with Gasteiger partial charge in [0, 0.05) is 25.7 Å². The Morgan fingerprint density at radius 2 is 2.11 bits per heavy atom. The smallest absolute Gasteiger partial charge is 0.414 e. The predicted molar refractivity (Wildman–Crippen MR) is 102 cm³/mol. The van der Waals surface area contributed by atoms with E-state index < -0.39 is 28.0 Å². The molecule has 2 fully saturated rings. The average Bonchev–Trinajstić information content (AvgIpc) is 3.01. The number of carbonyl (C=O) groups is 1. The minimum Gasteiger partial charge on any atom is -0.443 e. The van der Waals surface area contributed by atoms with E-state index in [1.54, 1.807) is 18.2 Å². The van der Waals surface area contributed by atoms with Crippen molar-refractivity contribution < 1.29 is 22.3 Å². The van der Waals surface area contributed by atoms with Crippen molar-refractivity contribution >= 4 is 27.5 Å². The van der Waals surface area contributed by atoms with E-state index in [1.807, 2.05) is 11.0 Å². The summed E-state index contributed by atoms with van der Waals surface area (Å²) in [4.78, 5) is 15.3. The van der Waals surface area contributed by atoms with Crippen molar-refractivity contribution in [2.75, 3.05) is 42.2 Å². The number of cyclic esters (lactones) is 1. The van der Waals surface area contributed by atoms with Crippen LogP contribution < -0.4 is 14.5 Å². The Morgan fingerprint density at radius 1 is 1.39 bits per heavy atom. The maximum absolute atomic E-state index is 14.7. The van der Waals surface area contributed by atoms with Gasteiger partial charge in [-0.2, -0.15) is 5.26 Å². The number of amides is 1. The van der Waals surface area contributed by atoms with Crippen LogP contribution >= 0.6 is 0 Å². The van der Waals surface area contributed by atoms with Crippen molar-refractivity contribution in [3.8, 4) is 6.07 Å². The quantitative estimate of drug-likeness (QED) is 0.745. The third-order valence-electron chi connectivity index (χ3n) is 4.71. The molecule has 0 aromatic heterocycles. The minimum atomic E-state index is -3.39. The third-order valence-corrected chi connectivity index (χ3v) is 5.40. The van der Waals surface area contributed by atoms with Crippen LogP contribution in [-0.4, -0.2) is 53.0 Å². The van der Waals surface area contributed by atoms with E-state index in [0.29, 0.717) is 37.3 Å². The summed E-state index contributed by atoms with van der Waals surface area (Å²) in [7, 11) is -3.39. The SMILES string of the molecule is CS(=O)(=O)NC[C@@H]1CN(c2ccc(N3CCC(=CC#N)CC3)c(F)c2)C(=O)O1. The van der Waals surface area contributed by atoms with Crippen LogP contribution in [0.2, 0.25) is 0 Å². The molecule has 1 atom stereocenters. The fourth-order valence-corrected chi connectivity index (χ4v) is 3.76. The van der Waals surface area contributed by atoms with Crippen LogP contribution in [0.1, 0.15) is 12.8 Å². The van der Waals surface area contributed by atoms with Gasteiger partial charge in [0.2, 0.25) is 10.0 Å². The van der Waals surface area contributed by atoms with Gasteiger partial charge in [0.15, 0.2) is 0 Å². The van der Waals surface area contributed by atoms with Crippen molar-refractivity contribution in [3.05, 3.63) is 35.7 Å². The van der Waals surface area contributed by atoms with Gasteiger partial charge in [0.25, 0.3) is 0 Å². The van der Waals surface area contributed by atoms with Gasteiger partial charge in [-0.05, 0) is 31.0 Å². The Hall–Kier alpha value is -2.64. The molecule has 1 amide bonds. The summed E-state index contributed by atoms with van der Waals surface area (Å²) < 4.78 is 44.5. The highest BCUT2D eigenvalue weighted by molar-refractivity contribution is 7.88. The second-order valence-corrected chi connectivity index (χ2v) is 8.62. The fraction of sp³-hybridized carbons (Fsp3) is 0.444. The first-order chi connectivity index (χ1) is 13.3. The molecular formula is C18H21FN4O4S. The Kier molecular flexibility index (Phi) is 5.86. The Labute approximate surface area is 163 Å². The third kappa shape index (κ3) is 4.79. The molecule has 2 heterocycles. The largest absolute Gasteiger partial charge is 0.443 e. The molecule has 0 spiro atoms. The number of hydrogen-bond acceptors (Lipinski definition) is 6. The van der Waals surface area contributed by atoms with E-state index in [-0.39, 0.29) is 13.1 Å². The topological polar surface area (TPSA) is 103 Å². The Morgan fingerprint density at radius 3 is 2.71 bits per heavy atom. The highest BCUT2D eigenvalue weighted by Crippen LogP contribution is 2.30. The van der Waals surface area contributed by atoms with Gasteiger partial charge in [0.1, 0.15) is 11.9 Å². The molecule has 0 radical (unpaired) electrons. The van der Waals surface area contributed by atoms with E-state index >= 15 is 0 Å². The van der Waals surface area contributed by atoms with Crippen molar-refractivity contribution in [2.45, 2.75) is 18.9 Å². The van der Waals surface area contributed by atoms with Gasteiger partial charge < -0.3 is 9.64 Å². The predicted octanol–water partition coefficient (Wildman–Crippen LogP) is 1.75. The first kappa shape index (κ1) is 20.1. The van der Waals surface area contributed by atoms with Gasteiger partial charge in [-0.25, -0.2) is 22.3 Å². The highest BCUT2D eigenvalue weighted by atomic mass is 32.2. The van der Waals surface area contributed by atoms with E-state index in [9.17, 15) is 17.6 Å². The molecule has 0 bridgehead atoms. The molecule has 1 N–H and O–H groups in total. The Bertz CT molecular complexity index is 931. The molecule has 0 aliphatic carbocycles. The molecule has 8 nitrogen and oxygen atoms in total. The van der Waals surface area contributed by atoms with Gasteiger partial charge in [-0.15, -0.1) is 0 Å². The van der Waals surface area contributed by atoms with Crippen LogP contribution in [0.5, 0.6) is 0 Å². The number of ether oxygens (including phenoxy) is 1. The van der Waals surface area contributed by atoms with Crippen LogP contribution in [0.25, 0.3) is 0 Å². The number of allylic oxidation sites excluding steroid dienone is 1.